The average molecular weight is 355 g/mol. The molecule has 0 radical (unpaired) electrons. The maximum absolute atomic E-state index is 12.6. The van der Waals surface area contributed by atoms with Crippen LogP contribution in [0.4, 0.5) is 4.79 Å². The summed E-state index contributed by atoms with van der Waals surface area (Å²) in [6.45, 7) is 4.64. The summed E-state index contributed by atoms with van der Waals surface area (Å²) >= 11 is 0. The molecule has 3 rings (SSSR count). The highest BCUT2D eigenvalue weighted by Crippen LogP contribution is 2.26. The van der Waals surface area contributed by atoms with Crippen molar-refractivity contribution in [3.63, 3.8) is 0 Å². The van der Waals surface area contributed by atoms with E-state index in [2.05, 4.69) is 17.4 Å². The molecule has 6 nitrogen and oxygen atoms in total. The molecule has 0 spiro atoms. The molecule has 0 saturated carbocycles. The Balaban J connectivity index is 1.64. The fourth-order valence-electron chi connectivity index (χ4n) is 3.59. The van der Waals surface area contributed by atoms with E-state index in [1.54, 1.807) is 4.90 Å². The highest BCUT2D eigenvalue weighted by atomic mass is 16.2. The fraction of sp³-hybridized carbons (Fsp3) is 0.450. The topological polar surface area (TPSA) is 69.7 Å². The smallest absolute Gasteiger partial charge is 0.325 e. The van der Waals surface area contributed by atoms with Crippen LogP contribution in [0.1, 0.15) is 38.7 Å². The molecule has 1 aromatic rings. The zero-order valence-electron chi connectivity index (χ0n) is 15.3. The van der Waals surface area contributed by atoms with Crippen LogP contribution in [-0.4, -0.2) is 52.8 Å². The Hall–Kier alpha value is -2.63. The second-order valence-corrected chi connectivity index (χ2v) is 6.80. The molecule has 0 atom stereocenters. The molecule has 2 heterocycles. The van der Waals surface area contributed by atoms with E-state index in [9.17, 15) is 14.4 Å². The Bertz CT molecular complexity index is 738. The number of carbonyl (C=O) groups is 3. The van der Waals surface area contributed by atoms with Crippen LogP contribution in [0.15, 0.2) is 36.4 Å². The van der Waals surface area contributed by atoms with Gasteiger partial charge in [0.25, 0.3) is 5.91 Å². The second kappa shape index (κ2) is 7.32. The predicted octanol–water partition coefficient (Wildman–Crippen LogP) is 2.41. The number of nitrogens with one attached hydrogen (secondary N) is 1. The van der Waals surface area contributed by atoms with Crippen molar-refractivity contribution in [3.8, 4) is 0 Å². The van der Waals surface area contributed by atoms with E-state index in [-0.39, 0.29) is 18.4 Å². The van der Waals surface area contributed by atoms with Crippen molar-refractivity contribution in [2.75, 3.05) is 19.6 Å². The second-order valence-electron chi connectivity index (χ2n) is 6.80. The molecule has 0 unspecified atom stereocenters. The maximum Gasteiger partial charge on any atom is 0.325 e. The summed E-state index contributed by atoms with van der Waals surface area (Å²) in [4.78, 5) is 40.2. The summed E-state index contributed by atoms with van der Waals surface area (Å²) in [5.74, 6) is -0.488. The van der Waals surface area contributed by atoms with Crippen molar-refractivity contribution < 1.29 is 14.4 Å². The van der Waals surface area contributed by atoms with Gasteiger partial charge in [0.05, 0.1) is 0 Å². The standard InChI is InChI=1S/C20H25N3O3/c1-3-20(4-2)18(25)23(19(26)21-20)14-17(24)22-12-10-16(11-13-22)15-8-6-5-7-9-15/h5-10H,3-4,11-14H2,1-2H3,(H,21,26). The van der Waals surface area contributed by atoms with Gasteiger partial charge in [0.15, 0.2) is 0 Å². The Morgan fingerprint density at radius 1 is 1.15 bits per heavy atom. The van der Waals surface area contributed by atoms with Gasteiger partial charge in [0.1, 0.15) is 12.1 Å². The summed E-state index contributed by atoms with van der Waals surface area (Å²) in [6.07, 6.45) is 3.85. The van der Waals surface area contributed by atoms with Gasteiger partial charge >= 0.3 is 6.03 Å². The lowest BCUT2D eigenvalue weighted by molar-refractivity contribution is -0.138. The van der Waals surface area contributed by atoms with E-state index >= 15 is 0 Å². The van der Waals surface area contributed by atoms with E-state index < -0.39 is 11.6 Å². The molecule has 6 heteroatoms. The number of benzene rings is 1. The number of rotatable bonds is 5. The molecular weight excluding hydrogens is 330 g/mol. The van der Waals surface area contributed by atoms with Crippen molar-refractivity contribution in [2.45, 2.75) is 38.6 Å². The zero-order valence-corrected chi connectivity index (χ0v) is 15.3. The summed E-state index contributed by atoms with van der Waals surface area (Å²) in [6, 6.07) is 9.63. The lowest BCUT2D eigenvalue weighted by atomic mass is 9.93. The molecule has 1 aromatic carbocycles. The van der Waals surface area contributed by atoms with Crippen LogP contribution >= 0.6 is 0 Å². The zero-order chi connectivity index (χ0) is 18.7. The normalized spacial score (nSPS) is 19.4. The monoisotopic (exact) mass is 355 g/mol. The van der Waals surface area contributed by atoms with E-state index in [0.29, 0.717) is 25.9 Å². The van der Waals surface area contributed by atoms with Gasteiger partial charge in [-0.1, -0.05) is 50.3 Å². The van der Waals surface area contributed by atoms with Crippen LogP contribution in [0.2, 0.25) is 0 Å². The Morgan fingerprint density at radius 3 is 2.38 bits per heavy atom. The summed E-state index contributed by atoms with van der Waals surface area (Å²) in [7, 11) is 0. The molecule has 1 fully saturated rings. The highest BCUT2D eigenvalue weighted by Gasteiger charge is 2.49. The number of amides is 4. The van der Waals surface area contributed by atoms with E-state index in [4.69, 9.17) is 0 Å². The van der Waals surface area contributed by atoms with Crippen molar-refractivity contribution in [2.24, 2.45) is 0 Å². The first kappa shape index (κ1) is 18.2. The third kappa shape index (κ3) is 3.23. The minimum atomic E-state index is -0.861. The molecule has 0 aromatic heterocycles. The minimum absolute atomic E-state index is 0.194. The molecular formula is C20H25N3O3. The molecule has 1 N–H and O–H groups in total. The van der Waals surface area contributed by atoms with E-state index in [1.807, 2.05) is 38.1 Å². The van der Waals surface area contributed by atoms with Crippen LogP contribution in [0, 0.1) is 0 Å². The maximum atomic E-state index is 12.6. The van der Waals surface area contributed by atoms with Gasteiger partial charge in [-0.3, -0.25) is 14.5 Å². The van der Waals surface area contributed by atoms with Crippen molar-refractivity contribution in [1.82, 2.24) is 15.1 Å². The Kier molecular flexibility index (Phi) is 5.11. The van der Waals surface area contributed by atoms with E-state index in [0.717, 1.165) is 11.3 Å². The molecule has 0 bridgehead atoms. The number of carbonyl (C=O) groups excluding carboxylic acids is 3. The van der Waals surface area contributed by atoms with Gasteiger partial charge in [0.2, 0.25) is 5.91 Å². The van der Waals surface area contributed by atoms with Crippen LogP contribution in [0.3, 0.4) is 0 Å². The Labute approximate surface area is 153 Å². The van der Waals surface area contributed by atoms with Gasteiger partial charge in [-0.25, -0.2) is 4.79 Å². The third-order valence-electron chi connectivity index (χ3n) is 5.45. The molecule has 26 heavy (non-hydrogen) atoms. The minimum Gasteiger partial charge on any atom is -0.337 e. The van der Waals surface area contributed by atoms with E-state index in [1.165, 1.54) is 11.1 Å². The van der Waals surface area contributed by atoms with Crippen LogP contribution in [0.25, 0.3) is 5.57 Å². The first-order valence-corrected chi connectivity index (χ1v) is 9.17. The SMILES string of the molecule is CCC1(CC)NC(=O)N(CC(=O)N2CC=C(c3ccccc3)CC2)C1=O. The number of imide groups is 1. The average Bonchev–Trinajstić information content (AvgIpc) is 2.93. The van der Waals surface area contributed by atoms with Crippen LogP contribution in [-0.2, 0) is 9.59 Å². The number of hydrogen-bond acceptors (Lipinski definition) is 3. The molecule has 4 amide bonds. The number of urea groups is 1. The summed E-state index contributed by atoms with van der Waals surface area (Å²) in [5, 5.41) is 2.76. The lowest BCUT2D eigenvalue weighted by Crippen LogP contribution is -2.47. The van der Waals surface area contributed by atoms with Gasteiger partial charge in [0, 0.05) is 13.1 Å². The van der Waals surface area contributed by atoms with Crippen LogP contribution < -0.4 is 5.32 Å². The molecule has 1 saturated heterocycles. The van der Waals surface area contributed by atoms with Crippen molar-refractivity contribution in [3.05, 3.63) is 42.0 Å². The highest BCUT2D eigenvalue weighted by molar-refractivity contribution is 6.09. The van der Waals surface area contributed by atoms with Crippen molar-refractivity contribution >= 4 is 23.4 Å². The number of hydrogen-bond donors (Lipinski definition) is 1. The summed E-state index contributed by atoms with van der Waals surface area (Å²) < 4.78 is 0. The number of nitrogens with zero attached hydrogens (tertiary/aromatic N) is 2. The molecule has 138 valence electrons. The molecule has 0 aliphatic carbocycles. The third-order valence-corrected chi connectivity index (χ3v) is 5.45. The van der Waals surface area contributed by atoms with Crippen LogP contribution in [0.5, 0.6) is 0 Å². The largest absolute Gasteiger partial charge is 0.337 e. The molecule has 2 aliphatic heterocycles. The fourth-order valence-corrected chi connectivity index (χ4v) is 3.59. The first-order valence-electron chi connectivity index (χ1n) is 9.17. The van der Waals surface area contributed by atoms with Gasteiger partial charge in [-0.05, 0) is 30.4 Å². The lowest BCUT2D eigenvalue weighted by Gasteiger charge is -2.28. The van der Waals surface area contributed by atoms with Crippen molar-refractivity contribution in [1.29, 1.82) is 0 Å². The van der Waals surface area contributed by atoms with Gasteiger partial charge in [-0.15, -0.1) is 0 Å². The quantitative estimate of drug-likeness (QED) is 0.825. The first-order chi connectivity index (χ1) is 12.5. The van der Waals surface area contributed by atoms with Gasteiger partial charge < -0.3 is 10.2 Å². The molecule has 2 aliphatic rings. The predicted molar refractivity (Wildman–Crippen MR) is 99.2 cm³/mol. The Morgan fingerprint density at radius 2 is 1.85 bits per heavy atom. The summed E-state index contributed by atoms with van der Waals surface area (Å²) in [5.41, 5.74) is 1.53. The van der Waals surface area contributed by atoms with Gasteiger partial charge in [-0.2, -0.15) is 0 Å².